The number of thiophene rings is 1. The monoisotopic (exact) mass is 386 g/mol. The predicted octanol–water partition coefficient (Wildman–Crippen LogP) is 3.58. The zero-order valence-corrected chi connectivity index (χ0v) is 15.2. The highest BCUT2D eigenvalue weighted by molar-refractivity contribution is 7.18. The van der Waals surface area contributed by atoms with Gasteiger partial charge in [0.05, 0.1) is 19.8 Å². The summed E-state index contributed by atoms with van der Waals surface area (Å²) in [5.74, 6) is -0.784. The molecule has 0 spiro atoms. The summed E-state index contributed by atoms with van der Waals surface area (Å²) in [6.07, 6.45) is 0. The molecule has 138 valence electrons. The Bertz CT molecular complexity index is 1080. The summed E-state index contributed by atoms with van der Waals surface area (Å²) in [6, 6.07) is 6.88. The van der Waals surface area contributed by atoms with Gasteiger partial charge >= 0.3 is 11.9 Å². The van der Waals surface area contributed by atoms with Crippen LogP contribution in [0.3, 0.4) is 0 Å². The van der Waals surface area contributed by atoms with Crippen LogP contribution in [0.1, 0.15) is 20.7 Å². The first-order valence-corrected chi connectivity index (χ1v) is 8.77. The Hall–Kier alpha value is -3.26. The maximum atomic E-state index is 12.6. The Balaban J connectivity index is 2.12. The maximum absolute atomic E-state index is 12.6. The summed E-state index contributed by atoms with van der Waals surface area (Å²) >= 11 is 1.33. The number of rotatable bonds is 3. The molecule has 0 unspecified atom stereocenters. The highest BCUT2D eigenvalue weighted by Gasteiger charge is 2.31. The van der Waals surface area contributed by atoms with E-state index in [0.29, 0.717) is 32.7 Å². The van der Waals surface area contributed by atoms with E-state index in [1.54, 1.807) is 29.6 Å². The number of carbonyl (C=O) groups is 2. The van der Waals surface area contributed by atoms with Gasteiger partial charge in [-0.25, -0.2) is 9.59 Å². The lowest BCUT2D eigenvalue weighted by Gasteiger charge is -2.16. The molecule has 0 amide bonds. The Morgan fingerprint density at radius 1 is 1.04 bits per heavy atom. The van der Waals surface area contributed by atoms with Gasteiger partial charge in [-0.15, -0.1) is 11.3 Å². The van der Waals surface area contributed by atoms with Gasteiger partial charge in [0.25, 0.3) is 0 Å². The smallest absolute Gasteiger partial charge is 0.342 e. The molecule has 0 aliphatic carbocycles. The third kappa shape index (κ3) is 2.57. The molecule has 0 radical (unpaired) electrons. The third-order valence-corrected chi connectivity index (χ3v) is 5.26. The summed E-state index contributed by atoms with van der Waals surface area (Å²) in [6.45, 7) is 0.111. The normalized spacial score (nSPS) is 12.2. The van der Waals surface area contributed by atoms with E-state index in [2.05, 4.69) is 0 Å². The van der Waals surface area contributed by atoms with E-state index in [0.717, 1.165) is 0 Å². The summed E-state index contributed by atoms with van der Waals surface area (Å²) in [5.41, 5.74) is 0.791. The molecular weight excluding hydrogens is 372 g/mol. The number of esters is 2. The highest BCUT2D eigenvalue weighted by atomic mass is 32.1. The standard InChI is InChI=1S/C19H14O7S/c1-23-18(21)14-13(9-3-4-11-12(7-9)26-8-25-11)17-10(5-6-27-17)16(20)15(14)19(22)24-2/h3-7,20H,8H2,1-2H3. The molecule has 0 saturated heterocycles. The van der Waals surface area contributed by atoms with E-state index >= 15 is 0 Å². The van der Waals surface area contributed by atoms with E-state index in [1.807, 2.05) is 0 Å². The number of carbonyl (C=O) groups excluding carboxylic acids is 2. The SMILES string of the molecule is COC(=O)c1c(C(=O)OC)c(-c2ccc3c(c2)OCO3)c2sccc2c1O. The van der Waals surface area contributed by atoms with Crippen molar-refractivity contribution in [3.63, 3.8) is 0 Å². The molecule has 7 nitrogen and oxygen atoms in total. The van der Waals surface area contributed by atoms with Gasteiger partial charge in [0.1, 0.15) is 11.3 Å². The fraction of sp³-hybridized carbons (Fsp3) is 0.158. The molecule has 2 aromatic carbocycles. The van der Waals surface area contributed by atoms with Crippen LogP contribution in [0.25, 0.3) is 21.2 Å². The van der Waals surface area contributed by atoms with E-state index in [-0.39, 0.29) is 23.7 Å². The molecule has 1 aliphatic heterocycles. The van der Waals surface area contributed by atoms with Gasteiger partial charge in [0.15, 0.2) is 11.5 Å². The predicted molar refractivity (Wildman–Crippen MR) is 97.7 cm³/mol. The second-order valence-electron chi connectivity index (χ2n) is 5.69. The molecule has 1 aliphatic rings. The number of phenols is 1. The lowest BCUT2D eigenvalue weighted by molar-refractivity contribution is 0.0553. The van der Waals surface area contributed by atoms with Gasteiger partial charge in [-0.05, 0) is 29.1 Å². The van der Waals surface area contributed by atoms with E-state index < -0.39 is 11.9 Å². The van der Waals surface area contributed by atoms with Crippen molar-refractivity contribution in [2.45, 2.75) is 0 Å². The van der Waals surface area contributed by atoms with Crippen molar-refractivity contribution in [2.75, 3.05) is 21.0 Å². The summed E-state index contributed by atoms with van der Waals surface area (Å²) < 4.78 is 21.1. The molecule has 0 atom stereocenters. The zero-order valence-electron chi connectivity index (χ0n) is 14.4. The molecule has 1 aromatic heterocycles. The van der Waals surface area contributed by atoms with Crippen molar-refractivity contribution in [3.8, 4) is 28.4 Å². The number of hydrogen-bond donors (Lipinski definition) is 1. The Morgan fingerprint density at radius 3 is 2.48 bits per heavy atom. The van der Waals surface area contributed by atoms with Crippen molar-refractivity contribution in [3.05, 3.63) is 40.8 Å². The van der Waals surface area contributed by atoms with Crippen LogP contribution < -0.4 is 9.47 Å². The fourth-order valence-corrected chi connectivity index (χ4v) is 4.09. The molecule has 2 heterocycles. The summed E-state index contributed by atoms with van der Waals surface area (Å²) in [4.78, 5) is 25.0. The average Bonchev–Trinajstić information content (AvgIpc) is 3.35. The minimum atomic E-state index is -0.831. The first-order chi connectivity index (χ1) is 13.1. The molecule has 4 rings (SSSR count). The molecule has 0 fully saturated rings. The van der Waals surface area contributed by atoms with Crippen LogP contribution in [-0.4, -0.2) is 38.1 Å². The topological polar surface area (TPSA) is 91.3 Å². The highest BCUT2D eigenvalue weighted by Crippen LogP contribution is 2.46. The largest absolute Gasteiger partial charge is 0.506 e. The van der Waals surface area contributed by atoms with Crippen LogP contribution in [0.15, 0.2) is 29.6 Å². The second kappa shape index (κ2) is 6.48. The molecule has 0 bridgehead atoms. The number of hydrogen-bond acceptors (Lipinski definition) is 8. The van der Waals surface area contributed by atoms with Gasteiger partial charge < -0.3 is 24.1 Å². The number of fused-ring (bicyclic) bond motifs is 2. The Morgan fingerprint density at radius 2 is 1.74 bits per heavy atom. The first-order valence-electron chi connectivity index (χ1n) is 7.89. The first kappa shape index (κ1) is 17.2. The van der Waals surface area contributed by atoms with Crippen LogP contribution in [-0.2, 0) is 9.47 Å². The van der Waals surface area contributed by atoms with Crippen molar-refractivity contribution < 1.29 is 33.6 Å². The number of methoxy groups -OCH3 is 2. The number of benzene rings is 2. The van der Waals surface area contributed by atoms with Crippen molar-refractivity contribution in [1.29, 1.82) is 0 Å². The van der Waals surface area contributed by atoms with Gasteiger partial charge in [0.2, 0.25) is 6.79 Å². The minimum absolute atomic E-state index is 0.0596. The van der Waals surface area contributed by atoms with Gasteiger partial charge in [0, 0.05) is 15.6 Å². The molecule has 8 heteroatoms. The second-order valence-corrected chi connectivity index (χ2v) is 6.60. The number of aromatic hydroxyl groups is 1. The fourth-order valence-electron chi connectivity index (χ4n) is 3.12. The van der Waals surface area contributed by atoms with E-state index in [4.69, 9.17) is 18.9 Å². The van der Waals surface area contributed by atoms with Crippen LogP contribution in [0.4, 0.5) is 0 Å². The summed E-state index contributed by atoms with van der Waals surface area (Å²) in [7, 11) is 2.39. The quantitative estimate of drug-likeness (QED) is 0.688. The Kier molecular flexibility index (Phi) is 4.12. The van der Waals surface area contributed by atoms with E-state index in [1.165, 1.54) is 25.6 Å². The van der Waals surface area contributed by atoms with Crippen molar-refractivity contribution in [1.82, 2.24) is 0 Å². The minimum Gasteiger partial charge on any atom is -0.506 e. The van der Waals surface area contributed by atoms with Gasteiger partial charge in [-0.1, -0.05) is 6.07 Å². The van der Waals surface area contributed by atoms with Crippen LogP contribution in [0, 0.1) is 0 Å². The average molecular weight is 386 g/mol. The Labute approximate surface area is 157 Å². The zero-order chi connectivity index (χ0) is 19.1. The van der Waals surface area contributed by atoms with Gasteiger partial charge in [-0.2, -0.15) is 0 Å². The number of ether oxygens (including phenoxy) is 4. The molecule has 27 heavy (non-hydrogen) atoms. The lowest BCUT2D eigenvalue weighted by atomic mass is 9.92. The third-order valence-electron chi connectivity index (χ3n) is 4.32. The van der Waals surface area contributed by atoms with Crippen molar-refractivity contribution >= 4 is 33.4 Å². The lowest BCUT2D eigenvalue weighted by Crippen LogP contribution is -2.14. The molecular formula is C19H14O7S. The van der Waals surface area contributed by atoms with Crippen LogP contribution >= 0.6 is 11.3 Å². The van der Waals surface area contributed by atoms with Gasteiger partial charge in [-0.3, -0.25) is 0 Å². The summed E-state index contributed by atoms with van der Waals surface area (Å²) in [5, 5.41) is 12.9. The van der Waals surface area contributed by atoms with Crippen LogP contribution in [0.2, 0.25) is 0 Å². The molecule has 1 N–H and O–H groups in total. The molecule has 3 aromatic rings. The van der Waals surface area contributed by atoms with Crippen LogP contribution in [0.5, 0.6) is 17.2 Å². The van der Waals surface area contributed by atoms with E-state index in [9.17, 15) is 14.7 Å². The maximum Gasteiger partial charge on any atom is 0.342 e. The van der Waals surface area contributed by atoms with Crippen molar-refractivity contribution in [2.24, 2.45) is 0 Å². The molecule has 0 saturated carbocycles. The number of phenolic OH excluding ortho intramolecular Hbond substituents is 1.